The van der Waals surface area contributed by atoms with Gasteiger partial charge in [0.1, 0.15) is 0 Å². The number of hydrogen-bond acceptors (Lipinski definition) is 15. The third-order valence-corrected chi connectivity index (χ3v) is 33.0. The van der Waals surface area contributed by atoms with Crippen LogP contribution in [0, 0.1) is 34.5 Å². The highest BCUT2D eigenvalue weighted by Crippen LogP contribution is 2.45. The molecule has 11 rings (SSSR count). The molecular weight excluding hydrogens is 1770 g/mol. The number of likely N-dealkylation sites (N-methyl/N-ethyl adjacent to an activating group) is 1. The van der Waals surface area contributed by atoms with E-state index in [2.05, 4.69) is 322 Å². The Hall–Kier alpha value is -2.31. The van der Waals surface area contributed by atoms with Gasteiger partial charge in [-0.2, -0.15) is 0 Å². The number of nitrogens with zero attached hydrogens (tertiary/aromatic N) is 11. The van der Waals surface area contributed by atoms with Crippen LogP contribution in [-0.2, 0) is 20.7 Å². The SMILES string of the molecule is CC#CCCCCCCN1CCC(N(C)C(C)(C)C)C1.CCCCCC(=O)NCC1CCCN(C(C)(C)C)C1.CCCCCCCCN1CCC(CC(C)(C)C)CC1.CCCCCN1CC2(CCCN2C(C)(C)C)C1.CCCCCN1CC2(CCN(C(C)(C)C)C2)C1.CCCCCNC1CCN(C(C)(C)C)C1.CCCCCc1ccc(C2CCCN2C(C)(C)C)cc1.CCCOCCN1CCC(OC(C)(C)C)CC1. The van der Waals surface area contributed by atoms with Gasteiger partial charge >= 0.3 is 0 Å². The molecule has 0 aromatic heterocycles. The Morgan fingerprint density at radius 2 is 0.944 bits per heavy atom. The molecule has 2 N–H and O–H groups in total. The molecule has 10 fully saturated rings. The Balaban J connectivity index is 0.000000343. The van der Waals surface area contributed by atoms with Crippen molar-refractivity contribution in [3.05, 3.63) is 35.4 Å². The summed E-state index contributed by atoms with van der Waals surface area (Å²) in [4.78, 5) is 40.7. The molecule has 846 valence electrons. The highest BCUT2D eigenvalue weighted by Gasteiger charge is 2.53. The summed E-state index contributed by atoms with van der Waals surface area (Å²) in [6.07, 6.45) is 56.8. The van der Waals surface area contributed by atoms with Crippen molar-refractivity contribution in [1.29, 1.82) is 0 Å². The maximum Gasteiger partial charge on any atom is 0.220 e. The molecule has 4 atom stereocenters. The number of benzene rings is 1. The smallest absolute Gasteiger partial charge is 0.220 e. The molecular formula is C128H251N13O3. The molecule has 0 saturated carbocycles. The van der Waals surface area contributed by atoms with Crippen LogP contribution in [0.15, 0.2) is 24.3 Å². The number of unbranched alkanes of at least 4 members (excludes halogenated alkanes) is 19. The van der Waals surface area contributed by atoms with E-state index in [0.29, 0.717) is 63.0 Å². The summed E-state index contributed by atoms with van der Waals surface area (Å²) < 4.78 is 11.5. The average molecular weight is 2020 g/mol. The highest BCUT2D eigenvalue weighted by atomic mass is 16.5. The molecule has 10 saturated heterocycles. The standard InChI is InChI=1S/C19H31N.C18H34N2.C18H37N.C16H32N2O.2C15H30N2.C14H29NO2.C13H28N2/c1-5-6-7-9-16-11-13-17(14-12-16)18-10-8-15-20(18)19(2,3)4;1-6-7-8-9-10-11-12-14-20-15-13-17(16-20)19(5)18(2,3)4;1-5-6-7-8-9-10-13-19-14-11-17(12-15-19)16-18(2,3)4;1-5-6-7-10-15(19)17-12-14-9-8-11-18(13-14)16(2,3)4;1-5-6-7-10-16-12-15(13-16)9-8-11-17(15)14(2,3)4;1-5-6-7-9-16-11-15(12-16)8-10-17(13-15)14(2,3)4;1-5-11-16-12-10-15-8-6-13(7-9-15)17-14(2,3)4;1-5-6-7-9-14-12-8-10-15(11-12)13(2,3)4/h11-14,18H,5-10,15H2,1-4H3;17H,8-16H2,1-5H3;17H,5-16H2,1-4H3;14H,5-13H2,1-4H3,(H,17,19);2*5-13H2,1-4H3;13H,5-12H2,1-4H3;12,14H,5-11H2,1-4H3. The minimum atomic E-state index is -0.00290. The van der Waals surface area contributed by atoms with Gasteiger partial charge < -0.3 is 39.7 Å². The first-order valence-electron chi connectivity index (χ1n) is 61.8. The zero-order valence-electron chi connectivity index (χ0n) is 103. The van der Waals surface area contributed by atoms with Crippen LogP contribution < -0.4 is 10.6 Å². The van der Waals surface area contributed by atoms with E-state index in [9.17, 15) is 4.79 Å². The van der Waals surface area contributed by atoms with Gasteiger partial charge in [0, 0.05) is 167 Å². The fraction of sp³-hybridized carbons (Fsp3) is 0.930. The molecule has 1 aromatic rings. The second kappa shape index (κ2) is 70.2. The molecule has 16 nitrogen and oxygen atoms in total. The summed E-state index contributed by atoms with van der Waals surface area (Å²) in [6.45, 7) is 106. The van der Waals surface area contributed by atoms with E-state index >= 15 is 0 Å². The zero-order valence-corrected chi connectivity index (χ0v) is 103. The van der Waals surface area contributed by atoms with Crippen molar-refractivity contribution in [3.8, 4) is 11.8 Å². The van der Waals surface area contributed by atoms with Crippen molar-refractivity contribution < 1.29 is 14.3 Å². The summed E-state index contributed by atoms with van der Waals surface area (Å²) in [6, 6.07) is 11.6. The molecule has 0 aliphatic carbocycles. The van der Waals surface area contributed by atoms with Crippen LogP contribution in [0.2, 0.25) is 0 Å². The third kappa shape index (κ3) is 56.7. The highest BCUT2D eigenvalue weighted by molar-refractivity contribution is 5.75. The van der Waals surface area contributed by atoms with Crippen LogP contribution in [0.4, 0.5) is 0 Å². The lowest BCUT2D eigenvalue weighted by atomic mass is 9.79. The van der Waals surface area contributed by atoms with E-state index in [1.807, 2.05) is 6.92 Å². The van der Waals surface area contributed by atoms with Gasteiger partial charge in [0.05, 0.1) is 18.3 Å². The first-order chi connectivity index (χ1) is 67.9. The number of carbonyl (C=O) groups is 1. The first-order valence-corrected chi connectivity index (χ1v) is 61.8. The molecule has 10 heterocycles. The molecule has 1 aromatic carbocycles. The van der Waals surface area contributed by atoms with E-state index in [1.165, 1.54) is 373 Å². The molecule has 10 aliphatic rings. The van der Waals surface area contributed by atoms with Gasteiger partial charge in [0.25, 0.3) is 0 Å². The number of amides is 1. The molecule has 0 radical (unpaired) electrons. The van der Waals surface area contributed by atoms with Crippen molar-refractivity contribution in [2.24, 2.45) is 22.7 Å². The van der Waals surface area contributed by atoms with Crippen LogP contribution in [-0.4, -0.2) is 306 Å². The molecule has 144 heavy (non-hydrogen) atoms. The Morgan fingerprint density at radius 3 is 1.49 bits per heavy atom. The Bertz CT molecular complexity index is 3380. The van der Waals surface area contributed by atoms with E-state index in [4.69, 9.17) is 9.47 Å². The number of piperidine rings is 3. The van der Waals surface area contributed by atoms with Crippen LogP contribution in [0.1, 0.15) is 508 Å². The second-order valence-corrected chi connectivity index (χ2v) is 55.0. The van der Waals surface area contributed by atoms with Gasteiger partial charge in [0.15, 0.2) is 0 Å². The van der Waals surface area contributed by atoms with Crippen LogP contribution in [0.3, 0.4) is 0 Å². The van der Waals surface area contributed by atoms with Crippen molar-refractivity contribution >= 4 is 5.91 Å². The first kappa shape index (κ1) is 134. The van der Waals surface area contributed by atoms with Crippen LogP contribution in [0.25, 0.3) is 0 Å². The maximum absolute atomic E-state index is 11.7. The van der Waals surface area contributed by atoms with Crippen molar-refractivity contribution in [2.75, 3.05) is 184 Å². The van der Waals surface area contributed by atoms with Gasteiger partial charge in [-0.15, -0.1) is 11.8 Å². The van der Waals surface area contributed by atoms with Crippen molar-refractivity contribution in [1.82, 2.24) is 64.5 Å². The summed E-state index contributed by atoms with van der Waals surface area (Å²) in [5, 5.41) is 6.79. The Morgan fingerprint density at radius 1 is 0.431 bits per heavy atom. The lowest BCUT2D eigenvalue weighted by Gasteiger charge is -2.57. The Kier molecular flexibility index (Phi) is 65.4. The molecule has 4 unspecified atom stereocenters. The normalized spacial score (nSPS) is 21.8. The monoisotopic (exact) mass is 2020 g/mol. The number of carbonyl (C=O) groups excluding carboxylic acids is 1. The van der Waals surface area contributed by atoms with E-state index in [1.54, 1.807) is 0 Å². The van der Waals surface area contributed by atoms with Crippen molar-refractivity contribution in [2.45, 2.75) is 566 Å². The predicted molar refractivity (Wildman–Crippen MR) is 632 cm³/mol. The largest absolute Gasteiger partial charge is 0.380 e. The van der Waals surface area contributed by atoms with Gasteiger partial charge in [0.2, 0.25) is 5.91 Å². The number of ether oxygens (including phenoxy) is 2. The summed E-state index contributed by atoms with van der Waals surface area (Å²) in [5.41, 5.74) is 6.64. The summed E-state index contributed by atoms with van der Waals surface area (Å²) in [5.74, 6) is 7.97. The number of aryl methyl sites for hydroxylation is 1. The molecule has 16 heteroatoms. The predicted octanol–water partition coefficient (Wildman–Crippen LogP) is 29.2. The van der Waals surface area contributed by atoms with Gasteiger partial charge in [-0.3, -0.25) is 39.1 Å². The number of hydrogen-bond donors (Lipinski definition) is 2. The second-order valence-electron chi connectivity index (χ2n) is 55.0. The lowest BCUT2D eigenvalue weighted by Crippen LogP contribution is -2.70. The Labute approximate surface area is 899 Å². The van der Waals surface area contributed by atoms with E-state index in [-0.39, 0.29) is 22.6 Å². The summed E-state index contributed by atoms with van der Waals surface area (Å²) in [7, 11) is 2.28. The van der Waals surface area contributed by atoms with E-state index in [0.717, 1.165) is 102 Å². The molecule has 0 bridgehead atoms. The van der Waals surface area contributed by atoms with E-state index < -0.39 is 0 Å². The zero-order chi connectivity index (χ0) is 107. The van der Waals surface area contributed by atoms with Crippen LogP contribution >= 0.6 is 0 Å². The minimum absolute atomic E-state index is 0.00290. The van der Waals surface area contributed by atoms with Gasteiger partial charge in [-0.05, 0) is 420 Å². The maximum atomic E-state index is 11.7. The lowest BCUT2D eigenvalue weighted by molar-refractivity contribution is -0.121. The third-order valence-electron chi connectivity index (χ3n) is 33.0. The number of likely N-dealkylation sites (tertiary alicyclic amines) is 10. The minimum Gasteiger partial charge on any atom is -0.380 e. The van der Waals surface area contributed by atoms with Gasteiger partial charge in [-0.1, -0.05) is 203 Å². The molecule has 2 spiro atoms. The number of rotatable bonds is 45. The van der Waals surface area contributed by atoms with Crippen LogP contribution in [0.5, 0.6) is 0 Å². The average Bonchev–Trinajstić information content (AvgIpc) is 1.56. The quantitative estimate of drug-likeness (QED) is 0.0479. The molecule has 1 amide bonds. The molecule has 10 aliphatic heterocycles. The number of nitrogens with one attached hydrogen (secondary N) is 2. The fourth-order valence-electron chi connectivity index (χ4n) is 24.1. The topological polar surface area (TPSA) is 95.2 Å². The van der Waals surface area contributed by atoms with Gasteiger partial charge in [-0.25, -0.2) is 0 Å². The van der Waals surface area contributed by atoms with Crippen molar-refractivity contribution in [3.63, 3.8) is 0 Å². The fourth-order valence-corrected chi connectivity index (χ4v) is 24.1. The summed E-state index contributed by atoms with van der Waals surface area (Å²) >= 11 is 0.